The van der Waals surface area contributed by atoms with Gasteiger partial charge in [0.15, 0.2) is 0 Å². The predicted molar refractivity (Wildman–Crippen MR) is 171 cm³/mol. The summed E-state index contributed by atoms with van der Waals surface area (Å²) in [6, 6.07) is 6.64. The van der Waals surface area contributed by atoms with E-state index in [2.05, 4.69) is 19.2 Å². The van der Waals surface area contributed by atoms with E-state index in [1.807, 2.05) is 41.8 Å². The summed E-state index contributed by atoms with van der Waals surface area (Å²) in [5, 5.41) is 16.5. The van der Waals surface area contributed by atoms with E-state index in [0.29, 0.717) is 35.6 Å². The molecule has 2 fully saturated rings. The first-order valence-electron chi connectivity index (χ1n) is 15.8. The smallest absolute Gasteiger partial charge is 0.330 e. The van der Waals surface area contributed by atoms with E-state index in [1.165, 1.54) is 11.3 Å². The Bertz CT molecular complexity index is 1640. The molecule has 0 radical (unpaired) electrons. The molecule has 1 saturated carbocycles. The fourth-order valence-corrected chi connectivity index (χ4v) is 7.27. The molecule has 6 rings (SSSR count). The number of aromatic nitrogens is 2. The van der Waals surface area contributed by atoms with Gasteiger partial charge in [0.1, 0.15) is 39.9 Å². The van der Waals surface area contributed by atoms with Gasteiger partial charge in [-0.3, -0.25) is 9.59 Å². The summed E-state index contributed by atoms with van der Waals surface area (Å²) in [4.78, 5) is 50.8. The molecule has 1 saturated heterocycles. The number of carboxylic acids is 1. The number of carbonyl (C=O) groups excluding carboxylic acids is 2. The highest BCUT2D eigenvalue weighted by Gasteiger charge is 2.61. The van der Waals surface area contributed by atoms with Gasteiger partial charge in [-0.15, -0.1) is 11.3 Å². The van der Waals surface area contributed by atoms with Crippen molar-refractivity contribution in [1.82, 2.24) is 20.2 Å². The highest BCUT2D eigenvalue weighted by atomic mass is 32.1. The van der Waals surface area contributed by atoms with Crippen LogP contribution in [0.4, 0.5) is 0 Å². The molecule has 0 bridgehead atoms. The van der Waals surface area contributed by atoms with Crippen LogP contribution >= 0.6 is 11.3 Å². The molecule has 2 amide bonds. The van der Waals surface area contributed by atoms with Crippen LogP contribution in [0, 0.1) is 5.92 Å². The molecule has 0 spiro atoms. The number of pyridine rings is 1. The Balaban J connectivity index is 1.30. The van der Waals surface area contributed by atoms with Gasteiger partial charge in [0.2, 0.25) is 11.8 Å². The van der Waals surface area contributed by atoms with E-state index >= 15 is 0 Å². The van der Waals surface area contributed by atoms with Gasteiger partial charge in [-0.05, 0) is 43.7 Å². The molecule has 3 aromatic rings. The van der Waals surface area contributed by atoms with Crippen LogP contribution in [0.3, 0.4) is 0 Å². The molecular formula is C34H40N4O6S. The van der Waals surface area contributed by atoms with Crippen molar-refractivity contribution in [3.8, 4) is 22.2 Å². The van der Waals surface area contributed by atoms with Crippen LogP contribution in [-0.4, -0.2) is 69.1 Å². The van der Waals surface area contributed by atoms with Gasteiger partial charge in [-0.1, -0.05) is 38.8 Å². The van der Waals surface area contributed by atoms with Crippen molar-refractivity contribution in [2.24, 2.45) is 5.92 Å². The third-order valence-electron chi connectivity index (χ3n) is 9.11. The first kappa shape index (κ1) is 31.0. The van der Waals surface area contributed by atoms with Gasteiger partial charge in [0.25, 0.3) is 0 Å². The third kappa shape index (κ3) is 6.40. The molecule has 0 unspecified atom stereocenters. The first-order valence-corrected chi connectivity index (χ1v) is 16.7. The molecular weight excluding hydrogens is 592 g/mol. The van der Waals surface area contributed by atoms with E-state index in [-0.39, 0.29) is 30.7 Å². The average Bonchev–Trinajstić information content (AvgIpc) is 3.33. The fourth-order valence-electron chi connectivity index (χ4n) is 6.33. The monoisotopic (exact) mass is 632 g/mol. The second-order valence-corrected chi connectivity index (χ2v) is 13.5. The minimum Gasteiger partial charge on any atom is -0.497 e. The summed E-state index contributed by atoms with van der Waals surface area (Å²) in [6.07, 6.45) is 8.91. The summed E-state index contributed by atoms with van der Waals surface area (Å²) >= 11 is 1.52. The number of thiazole rings is 1. The summed E-state index contributed by atoms with van der Waals surface area (Å²) in [5.41, 5.74) is 1.00. The minimum atomic E-state index is -1.33. The lowest BCUT2D eigenvalue weighted by Gasteiger charge is -2.25. The van der Waals surface area contributed by atoms with Gasteiger partial charge < -0.3 is 24.8 Å². The number of hydrogen-bond acceptors (Lipinski definition) is 8. The molecule has 10 nitrogen and oxygen atoms in total. The number of fused-ring (bicyclic) bond motifs is 3. The number of hydrogen-bond donors (Lipinski definition) is 2. The Morgan fingerprint density at radius 1 is 1.16 bits per heavy atom. The number of carboxylic acid groups (broad SMARTS) is 1. The average molecular weight is 633 g/mol. The second kappa shape index (κ2) is 12.8. The Labute approximate surface area is 266 Å². The Kier molecular flexibility index (Phi) is 8.81. The SMILES string of the molecule is COc1ccc2c(O[C@@H]3C[C@H]4C(=O)N[C@]5(C(=O)O)C[C@@H]5/C=C\CCCCCCC(=O)N4C3)cc(-c3nc(C(C)C)cs3)nc2c1. The first-order chi connectivity index (χ1) is 21.7. The van der Waals surface area contributed by atoms with E-state index in [9.17, 15) is 19.5 Å². The third-order valence-corrected chi connectivity index (χ3v) is 10.00. The molecule has 4 heterocycles. The lowest BCUT2D eigenvalue weighted by molar-refractivity contribution is -0.145. The summed E-state index contributed by atoms with van der Waals surface area (Å²) in [5.74, 6) is -0.350. The van der Waals surface area contributed by atoms with Gasteiger partial charge in [-0.25, -0.2) is 14.8 Å². The zero-order valence-corrected chi connectivity index (χ0v) is 26.8. The molecule has 3 aliphatic rings. The molecule has 11 heteroatoms. The van der Waals surface area contributed by atoms with Crippen molar-refractivity contribution < 1.29 is 29.0 Å². The highest BCUT2D eigenvalue weighted by molar-refractivity contribution is 7.13. The molecule has 4 atom stereocenters. The van der Waals surface area contributed by atoms with Crippen molar-refractivity contribution >= 4 is 40.0 Å². The lowest BCUT2D eigenvalue weighted by Crippen LogP contribution is -2.53. The quantitative estimate of drug-likeness (QED) is 0.331. The molecule has 2 aliphatic heterocycles. The van der Waals surface area contributed by atoms with Gasteiger partial charge in [0.05, 0.1) is 24.9 Å². The maximum atomic E-state index is 13.7. The molecule has 2 aromatic heterocycles. The maximum Gasteiger partial charge on any atom is 0.330 e. The van der Waals surface area contributed by atoms with Crippen LogP contribution in [-0.2, 0) is 14.4 Å². The molecule has 2 N–H and O–H groups in total. The number of methoxy groups -OCH3 is 1. The van der Waals surface area contributed by atoms with Crippen molar-refractivity contribution in [3.05, 3.63) is 47.5 Å². The molecule has 1 aromatic carbocycles. The van der Waals surface area contributed by atoms with Crippen LogP contribution in [0.25, 0.3) is 21.6 Å². The van der Waals surface area contributed by atoms with Gasteiger partial charge >= 0.3 is 5.97 Å². The summed E-state index contributed by atoms with van der Waals surface area (Å²) in [6.45, 7) is 4.42. The zero-order chi connectivity index (χ0) is 31.7. The largest absolute Gasteiger partial charge is 0.497 e. The lowest BCUT2D eigenvalue weighted by atomic mass is 10.1. The predicted octanol–water partition coefficient (Wildman–Crippen LogP) is 5.71. The van der Waals surface area contributed by atoms with Gasteiger partial charge in [-0.2, -0.15) is 0 Å². The molecule has 45 heavy (non-hydrogen) atoms. The number of amides is 2. The van der Waals surface area contributed by atoms with Crippen molar-refractivity contribution in [1.29, 1.82) is 0 Å². The number of nitrogens with one attached hydrogen (secondary N) is 1. The van der Waals surface area contributed by atoms with Crippen molar-refractivity contribution in [2.45, 2.75) is 88.8 Å². The summed E-state index contributed by atoms with van der Waals surface area (Å²) < 4.78 is 12.1. The fraction of sp³-hybridized carbons (Fsp3) is 0.500. The van der Waals surface area contributed by atoms with E-state index in [1.54, 1.807) is 12.0 Å². The second-order valence-electron chi connectivity index (χ2n) is 12.6. The van der Waals surface area contributed by atoms with E-state index in [4.69, 9.17) is 19.4 Å². The van der Waals surface area contributed by atoms with Crippen LogP contribution in [0.1, 0.15) is 76.8 Å². The number of allylic oxidation sites excluding steroid dienone is 1. The van der Waals surface area contributed by atoms with Crippen LogP contribution in [0.15, 0.2) is 41.8 Å². The normalized spacial score (nSPS) is 26.4. The molecule has 1 aliphatic carbocycles. The standard InChI is InChI=1S/C34H40N4O6S/c1-20(2)27-19-45-32(36-27)26-16-29(24-13-12-22(43-3)14-25(24)35-26)44-23-15-28-31(40)37-34(33(41)42)17-21(34)10-8-6-4-5-7-9-11-30(39)38(28)18-23/h8,10,12-14,16,19-21,23,28H,4-7,9,11,15,17-18H2,1-3H3,(H,37,40)(H,41,42)/b10-8-/t21-,23+,28-,34+/m0/s1. The minimum absolute atomic E-state index is 0.111. The van der Waals surface area contributed by atoms with Crippen molar-refractivity contribution in [2.75, 3.05) is 13.7 Å². The van der Waals surface area contributed by atoms with E-state index < -0.39 is 29.6 Å². The highest BCUT2D eigenvalue weighted by Crippen LogP contribution is 2.45. The number of rotatable bonds is 6. The number of ether oxygens (including phenoxy) is 2. The number of carbonyl (C=O) groups is 3. The Hall–Kier alpha value is -3.99. The Morgan fingerprint density at radius 2 is 1.98 bits per heavy atom. The van der Waals surface area contributed by atoms with E-state index in [0.717, 1.165) is 48.2 Å². The Morgan fingerprint density at radius 3 is 2.73 bits per heavy atom. The topological polar surface area (TPSA) is 131 Å². The van der Waals surface area contributed by atoms with Crippen LogP contribution in [0.2, 0.25) is 0 Å². The van der Waals surface area contributed by atoms with Crippen LogP contribution < -0.4 is 14.8 Å². The number of benzene rings is 1. The van der Waals surface area contributed by atoms with Crippen LogP contribution in [0.5, 0.6) is 11.5 Å². The molecule has 238 valence electrons. The summed E-state index contributed by atoms with van der Waals surface area (Å²) in [7, 11) is 1.61. The van der Waals surface area contributed by atoms with Crippen molar-refractivity contribution in [3.63, 3.8) is 0 Å². The number of aliphatic carboxylic acids is 1. The zero-order valence-electron chi connectivity index (χ0n) is 26.0. The number of nitrogens with zero attached hydrogens (tertiary/aromatic N) is 3. The maximum absolute atomic E-state index is 13.7. The van der Waals surface area contributed by atoms with Gasteiger partial charge in [0, 0.05) is 41.7 Å².